The van der Waals surface area contributed by atoms with E-state index in [-0.39, 0.29) is 0 Å². The molecule has 68 valence electrons. The number of aliphatic imine (C=N–C) groups is 1. The first-order valence-corrected chi connectivity index (χ1v) is 5.80. The molecule has 0 aromatic heterocycles. The maximum Gasteiger partial charge on any atom is 0.133 e. The molecule has 0 radical (unpaired) electrons. The first-order valence-electron chi connectivity index (χ1n) is 3.94. The van der Waals surface area contributed by atoms with Crippen LogP contribution in [0.25, 0.3) is 0 Å². The zero-order valence-electron chi connectivity index (χ0n) is 7.45. The van der Waals surface area contributed by atoms with E-state index in [0.717, 1.165) is 10.1 Å². The van der Waals surface area contributed by atoms with Crippen LogP contribution in [-0.2, 0) is 0 Å². The highest BCUT2D eigenvalue weighted by atomic mass is 32.2. The summed E-state index contributed by atoms with van der Waals surface area (Å²) in [4.78, 5) is 4.12. The number of nitrogens with zero attached hydrogens (tertiary/aromatic N) is 1. The predicted octanol–water partition coefficient (Wildman–Crippen LogP) is 3.90. The summed E-state index contributed by atoms with van der Waals surface area (Å²) in [6.07, 6.45) is 4.04. The first kappa shape index (κ1) is 11.8. The van der Waals surface area contributed by atoms with Gasteiger partial charge in [-0.15, -0.1) is 0 Å². The molecule has 0 saturated heterocycles. The van der Waals surface area contributed by atoms with Gasteiger partial charge in [-0.2, -0.15) is 0 Å². The second-order valence-corrected chi connectivity index (χ2v) is 4.36. The average molecular weight is 201 g/mol. The summed E-state index contributed by atoms with van der Waals surface area (Å²) in [5.74, 6) is 1.13. The van der Waals surface area contributed by atoms with E-state index in [9.17, 15) is 0 Å². The lowest BCUT2D eigenvalue weighted by Crippen LogP contribution is -1.85. The third kappa shape index (κ3) is 6.55. The number of hydrogen-bond acceptors (Lipinski definition) is 3. The van der Waals surface area contributed by atoms with Crippen LogP contribution >= 0.6 is 23.5 Å². The Bertz CT molecular complexity index is 164. The van der Waals surface area contributed by atoms with Crippen LogP contribution in [0.15, 0.2) is 29.8 Å². The molecule has 0 rings (SSSR count). The van der Waals surface area contributed by atoms with Crippen molar-refractivity contribution in [2.45, 2.75) is 19.8 Å². The fraction of sp³-hybridized carbons (Fsp3) is 0.444. The molecule has 0 bridgehead atoms. The van der Waals surface area contributed by atoms with Gasteiger partial charge in [0.05, 0.1) is 0 Å². The van der Waals surface area contributed by atoms with Crippen LogP contribution in [-0.4, -0.2) is 10.1 Å². The van der Waals surface area contributed by atoms with Crippen molar-refractivity contribution in [2.24, 2.45) is 4.99 Å². The molecule has 12 heavy (non-hydrogen) atoms. The minimum absolute atomic E-state index is 1.04. The smallest absolute Gasteiger partial charge is 0.133 e. The molecule has 0 saturated carbocycles. The van der Waals surface area contributed by atoms with Crippen molar-refractivity contribution in [2.75, 3.05) is 5.75 Å². The monoisotopic (exact) mass is 201 g/mol. The van der Waals surface area contributed by atoms with Crippen molar-refractivity contribution in [1.29, 1.82) is 0 Å². The van der Waals surface area contributed by atoms with Crippen LogP contribution in [0.4, 0.5) is 0 Å². The van der Waals surface area contributed by atoms with Gasteiger partial charge in [-0.3, -0.25) is 0 Å². The van der Waals surface area contributed by atoms with E-state index >= 15 is 0 Å². The molecule has 0 aromatic rings. The molecule has 0 aromatic carbocycles. The lowest BCUT2D eigenvalue weighted by atomic mass is 10.4. The Hall–Kier alpha value is -0.150. The fourth-order valence-corrected chi connectivity index (χ4v) is 2.31. The summed E-state index contributed by atoms with van der Waals surface area (Å²) in [6.45, 7) is 9.39. The summed E-state index contributed by atoms with van der Waals surface area (Å²) in [7, 11) is 0. The van der Waals surface area contributed by atoms with E-state index in [1.807, 2.05) is 0 Å². The second kappa shape index (κ2) is 8.94. The van der Waals surface area contributed by atoms with E-state index in [2.05, 4.69) is 25.1 Å². The zero-order chi connectivity index (χ0) is 9.23. The Balaban J connectivity index is 3.70. The average Bonchev–Trinajstić information content (AvgIpc) is 2.06. The van der Waals surface area contributed by atoms with Gasteiger partial charge >= 0.3 is 0 Å². The molecule has 0 unspecified atom stereocenters. The quantitative estimate of drug-likeness (QED) is 0.380. The van der Waals surface area contributed by atoms with Crippen LogP contribution in [0.5, 0.6) is 0 Å². The van der Waals surface area contributed by atoms with Gasteiger partial charge in [0.25, 0.3) is 0 Å². The maximum atomic E-state index is 4.12. The van der Waals surface area contributed by atoms with Crippen molar-refractivity contribution in [3.8, 4) is 0 Å². The van der Waals surface area contributed by atoms with Crippen LogP contribution < -0.4 is 0 Å². The van der Waals surface area contributed by atoms with E-state index in [0.29, 0.717) is 0 Å². The molecule has 0 N–H and O–H groups in total. The van der Waals surface area contributed by atoms with Crippen molar-refractivity contribution in [1.82, 2.24) is 0 Å². The Labute approximate surface area is 83.4 Å². The van der Waals surface area contributed by atoms with Gasteiger partial charge in [0, 0.05) is 12.0 Å². The van der Waals surface area contributed by atoms with Gasteiger partial charge in [-0.05, 0) is 11.8 Å². The summed E-state index contributed by atoms with van der Waals surface area (Å²) < 4.78 is 1.04. The van der Waals surface area contributed by atoms with Crippen LogP contribution in [0.2, 0.25) is 0 Å². The summed E-state index contributed by atoms with van der Waals surface area (Å²) in [5, 5.41) is 1.79. The van der Waals surface area contributed by atoms with Crippen LogP contribution in [0.1, 0.15) is 19.8 Å². The molecule has 0 spiro atoms. The summed E-state index contributed by atoms with van der Waals surface area (Å²) in [6, 6.07) is 0. The molecule has 0 atom stereocenters. The Kier molecular flexibility index (Phi) is 8.83. The van der Waals surface area contributed by atoms with Crippen LogP contribution in [0, 0.1) is 0 Å². The first-order chi connectivity index (χ1) is 5.85. The minimum Gasteiger partial charge on any atom is -0.243 e. The highest BCUT2D eigenvalue weighted by Crippen LogP contribution is 2.18. The lowest BCUT2D eigenvalue weighted by Gasteiger charge is -1.99. The van der Waals surface area contributed by atoms with Crippen molar-refractivity contribution >= 4 is 27.9 Å². The standard InChI is InChI=1S/C9H15NS2/c1-4-7-8-12-9(10-5-2)11-6-3/h5-6H,2-4,7-8H2,1H3. The zero-order valence-corrected chi connectivity index (χ0v) is 9.09. The molecule has 0 heterocycles. The lowest BCUT2D eigenvalue weighted by molar-refractivity contribution is 0.898. The third-order valence-corrected chi connectivity index (χ3v) is 3.07. The van der Waals surface area contributed by atoms with E-state index in [1.54, 1.807) is 35.1 Å². The Morgan fingerprint density at radius 2 is 2.25 bits per heavy atom. The largest absolute Gasteiger partial charge is 0.243 e. The van der Waals surface area contributed by atoms with Gasteiger partial charge < -0.3 is 0 Å². The molecule has 0 aliphatic rings. The van der Waals surface area contributed by atoms with Gasteiger partial charge in [0.1, 0.15) is 4.38 Å². The molecule has 0 aliphatic carbocycles. The van der Waals surface area contributed by atoms with Crippen LogP contribution in [0.3, 0.4) is 0 Å². The van der Waals surface area contributed by atoms with Crippen molar-refractivity contribution in [3.63, 3.8) is 0 Å². The summed E-state index contributed by atoms with van der Waals surface area (Å²) >= 11 is 3.32. The highest BCUT2D eigenvalue weighted by Gasteiger charge is 1.96. The Morgan fingerprint density at radius 1 is 1.50 bits per heavy atom. The van der Waals surface area contributed by atoms with Crippen molar-refractivity contribution < 1.29 is 0 Å². The number of thioether (sulfide) groups is 2. The number of rotatable bonds is 5. The SMILES string of the molecule is C=CN=C(SC=C)SCCCC. The normalized spacial score (nSPS) is 11.2. The molecular formula is C9H15NS2. The topological polar surface area (TPSA) is 12.4 Å². The molecule has 3 heteroatoms. The number of unbranched alkanes of at least 4 members (excludes halogenated alkanes) is 1. The van der Waals surface area contributed by atoms with E-state index in [1.165, 1.54) is 12.8 Å². The predicted molar refractivity (Wildman–Crippen MR) is 62.8 cm³/mol. The van der Waals surface area contributed by atoms with Gasteiger partial charge in [-0.25, -0.2) is 4.99 Å². The molecule has 0 amide bonds. The van der Waals surface area contributed by atoms with E-state index in [4.69, 9.17) is 0 Å². The number of hydrogen-bond donors (Lipinski definition) is 0. The van der Waals surface area contributed by atoms with Gasteiger partial charge in [-0.1, -0.05) is 50.0 Å². The second-order valence-electron chi connectivity index (χ2n) is 2.06. The maximum absolute atomic E-state index is 4.12. The molecule has 1 nitrogen and oxygen atoms in total. The molecule has 0 aliphatic heterocycles. The Morgan fingerprint density at radius 3 is 2.75 bits per heavy atom. The fourth-order valence-electron chi connectivity index (χ4n) is 0.551. The summed E-state index contributed by atoms with van der Waals surface area (Å²) in [5.41, 5.74) is 0. The van der Waals surface area contributed by atoms with Crippen molar-refractivity contribution in [3.05, 3.63) is 24.8 Å². The molecular weight excluding hydrogens is 186 g/mol. The van der Waals surface area contributed by atoms with Gasteiger partial charge in [0.15, 0.2) is 0 Å². The van der Waals surface area contributed by atoms with E-state index < -0.39 is 0 Å². The third-order valence-electron chi connectivity index (χ3n) is 1.10. The highest BCUT2D eigenvalue weighted by molar-refractivity contribution is 8.40. The molecule has 0 fully saturated rings. The van der Waals surface area contributed by atoms with Gasteiger partial charge in [0.2, 0.25) is 0 Å². The minimum atomic E-state index is 1.04.